The van der Waals surface area contributed by atoms with Crippen LogP contribution in [0.1, 0.15) is 29.5 Å². The van der Waals surface area contributed by atoms with E-state index in [2.05, 4.69) is 13.8 Å². The first kappa shape index (κ1) is 12.2. The molecule has 1 aliphatic rings. The predicted molar refractivity (Wildman–Crippen MR) is 69.0 cm³/mol. The summed E-state index contributed by atoms with van der Waals surface area (Å²) in [4.78, 5) is 0. The second-order valence-corrected chi connectivity index (χ2v) is 4.91. The highest BCUT2D eigenvalue weighted by atomic mass is 16.5. The molecule has 0 bridgehead atoms. The van der Waals surface area contributed by atoms with Gasteiger partial charge in [-0.2, -0.15) is 0 Å². The molecular formula is C14H21NO2. The molecule has 0 unspecified atom stereocenters. The molecule has 0 saturated heterocycles. The third-order valence-electron chi connectivity index (χ3n) is 3.96. The standard InChI is InChI=1S/C14H21NO2/c1-9-7-11(16-3)13(17-4)12(10(9)2)14(8-15)5-6-14/h7H,5-6,8,15H2,1-4H3. The van der Waals surface area contributed by atoms with Crippen LogP contribution in [-0.4, -0.2) is 20.8 Å². The van der Waals surface area contributed by atoms with Crippen molar-refractivity contribution in [2.24, 2.45) is 5.73 Å². The number of aryl methyl sites for hydroxylation is 1. The third-order valence-corrected chi connectivity index (χ3v) is 3.96. The molecule has 1 saturated carbocycles. The van der Waals surface area contributed by atoms with Crippen LogP contribution >= 0.6 is 0 Å². The van der Waals surface area contributed by atoms with Crippen molar-refractivity contribution in [2.75, 3.05) is 20.8 Å². The monoisotopic (exact) mass is 235 g/mol. The Labute approximate surface area is 103 Å². The van der Waals surface area contributed by atoms with Gasteiger partial charge < -0.3 is 15.2 Å². The van der Waals surface area contributed by atoms with Crippen molar-refractivity contribution < 1.29 is 9.47 Å². The van der Waals surface area contributed by atoms with Gasteiger partial charge in [-0.1, -0.05) is 0 Å². The quantitative estimate of drug-likeness (QED) is 0.871. The maximum absolute atomic E-state index is 5.94. The minimum absolute atomic E-state index is 0.120. The van der Waals surface area contributed by atoms with E-state index >= 15 is 0 Å². The molecule has 0 atom stereocenters. The number of benzene rings is 1. The molecule has 2 rings (SSSR count). The zero-order valence-corrected chi connectivity index (χ0v) is 11.1. The van der Waals surface area contributed by atoms with Crippen molar-refractivity contribution in [1.82, 2.24) is 0 Å². The summed E-state index contributed by atoms with van der Waals surface area (Å²) in [5.74, 6) is 1.67. The smallest absolute Gasteiger partial charge is 0.164 e. The van der Waals surface area contributed by atoms with E-state index in [-0.39, 0.29) is 5.41 Å². The Balaban J connectivity index is 2.66. The molecule has 1 aromatic rings. The van der Waals surface area contributed by atoms with Crippen LogP contribution in [0.2, 0.25) is 0 Å². The Morgan fingerprint density at radius 2 is 1.88 bits per heavy atom. The highest BCUT2D eigenvalue weighted by Crippen LogP contribution is 2.54. The summed E-state index contributed by atoms with van der Waals surface area (Å²) in [6, 6.07) is 2.03. The normalized spacial score (nSPS) is 16.8. The fourth-order valence-electron chi connectivity index (χ4n) is 2.56. The first-order valence-electron chi connectivity index (χ1n) is 6.02. The summed E-state index contributed by atoms with van der Waals surface area (Å²) >= 11 is 0. The van der Waals surface area contributed by atoms with E-state index in [1.54, 1.807) is 14.2 Å². The lowest BCUT2D eigenvalue weighted by molar-refractivity contribution is 0.347. The Bertz CT molecular complexity index is 436. The Morgan fingerprint density at radius 3 is 2.29 bits per heavy atom. The molecule has 0 aromatic heterocycles. The van der Waals surface area contributed by atoms with Crippen molar-refractivity contribution in [3.8, 4) is 11.5 Å². The van der Waals surface area contributed by atoms with Crippen LogP contribution in [0.15, 0.2) is 6.07 Å². The molecule has 1 aromatic carbocycles. The van der Waals surface area contributed by atoms with Crippen LogP contribution in [0, 0.1) is 13.8 Å². The van der Waals surface area contributed by atoms with Gasteiger partial charge in [0.1, 0.15) is 0 Å². The third kappa shape index (κ3) is 1.78. The zero-order chi connectivity index (χ0) is 12.6. The molecule has 0 spiro atoms. The van der Waals surface area contributed by atoms with Crippen molar-refractivity contribution in [3.05, 3.63) is 22.8 Å². The lowest BCUT2D eigenvalue weighted by Gasteiger charge is -2.23. The minimum atomic E-state index is 0.120. The summed E-state index contributed by atoms with van der Waals surface area (Å²) in [6.45, 7) is 4.92. The highest BCUT2D eigenvalue weighted by molar-refractivity contribution is 5.58. The van der Waals surface area contributed by atoms with Gasteiger partial charge in [0.15, 0.2) is 11.5 Å². The molecule has 0 aliphatic heterocycles. The molecular weight excluding hydrogens is 214 g/mol. The van der Waals surface area contributed by atoms with Crippen molar-refractivity contribution in [1.29, 1.82) is 0 Å². The average Bonchev–Trinajstić information content (AvgIpc) is 3.12. The SMILES string of the molecule is COc1cc(C)c(C)c(C2(CN)CC2)c1OC. The topological polar surface area (TPSA) is 44.5 Å². The summed E-state index contributed by atoms with van der Waals surface area (Å²) in [5.41, 5.74) is 9.82. The molecule has 1 fully saturated rings. The Morgan fingerprint density at radius 1 is 1.24 bits per heavy atom. The lowest BCUT2D eigenvalue weighted by Crippen LogP contribution is -2.22. The van der Waals surface area contributed by atoms with E-state index in [4.69, 9.17) is 15.2 Å². The number of ether oxygens (including phenoxy) is 2. The van der Waals surface area contributed by atoms with Crippen molar-refractivity contribution in [2.45, 2.75) is 32.1 Å². The van der Waals surface area contributed by atoms with E-state index in [1.807, 2.05) is 6.07 Å². The molecule has 2 N–H and O–H groups in total. The number of rotatable bonds is 4. The fraction of sp³-hybridized carbons (Fsp3) is 0.571. The Kier molecular flexibility index (Phi) is 3.04. The zero-order valence-electron chi connectivity index (χ0n) is 11.1. The summed E-state index contributed by atoms with van der Waals surface area (Å²) in [6.07, 6.45) is 2.29. The molecule has 17 heavy (non-hydrogen) atoms. The molecule has 0 amide bonds. The number of nitrogens with two attached hydrogens (primary N) is 1. The van der Waals surface area contributed by atoms with Gasteiger partial charge in [0.05, 0.1) is 14.2 Å². The van der Waals surface area contributed by atoms with Gasteiger partial charge in [-0.25, -0.2) is 0 Å². The second kappa shape index (κ2) is 4.22. The van der Waals surface area contributed by atoms with Gasteiger partial charge in [-0.05, 0) is 43.9 Å². The van der Waals surface area contributed by atoms with Crippen molar-refractivity contribution >= 4 is 0 Å². The molecule has 3 heteroatoms. The molecule has 3 nitrogen and oxygen atoms in total. The van der Waals surface area contributed by atoms with Gasteiger partial charge in [-0.3, -0.25) is 0 Å². The van der Waals surface area contributed by atoms with E-state index < -0.39 is 0 Å². The van der Waals surface area contributed by atoms with Gasteiger partial charge >= 0.3 is 0 Å². The van der Waals surface area contributed by atoms with Gasteiger partial charge in [0, 0.05) is 17.5 Å². The van der Waals surface area contributed by atoms with E-state index in [0.29, 0.717) is 6.54 Å². The molecule has 94 valence electrons. The molecule has 0 heterocycles. The fourth-order valence-corrected chi connectivity index (χ4v) is 2.56. The maximum Gasteiger partial charge on any atom is 0.164 e. The lowest BCUT2D eigenvalue weighted by atomic mass is 9.88. The largest absolute Gasteiger partial charge is 0.493 e. The van der Waals surface area contributed by atoms with E-state index in [1.165, 1.54) is 16.7 Å². The van der Waals surface area contributed by atoms with Crippen LogP contribution in [0.5, 0.6) is 11.5 Å². The van der Waals surface area contributed by atoms with Gasteiger partial charge in [-0.15, -0.1) is 0 Å². The average molecular weight is 235 g/mol. The van der Waals surface area contributed by atoms with E-state index in [0.717, 1.165) is 24.3 Å². The maximum atomic E-state index is 5.94. The van der Waals surface area contributed by atoms with E-state index in [9.17, 15) is 0 Å². The predicted octanol–water partition coefficient (Wildman–Crippen LogP) is 2.31. The minimum Gasteiger partial charge on any atom is -0.493 e. The second-order valence-electron chi connectivity index (χ2n) is 4.91. The Hall–Kier alpha value is -1.22. The summed E-state index contributed by atoms with van der Waals surface area (Å²) in [7, 11) is 3.38. The van der Waals surface area contributed by atoms with Gasteiger partial charge in [0.25, 0.3) is 0 Å². The van der Waals surface area contributed by atoms with Crippen LogP contribution in [0.3, 0.4) is 0 Å². The van der Waals surface area contributed by atoms with Crippen molar-refractivity contribution in [3.63, 3.8) is 0 Å². The summed E-state index contributed by atoms with van der Waals surface area (Å²) < 4.78 is 11.0. The highest BCUT2D eigenvalue weighted by Gasteiger charge is 2.46. The number of hydrogen-bond donors (Lipinski definition) is 1. The number of hydrogen-bond acceptors (Lipinski definition) is 3. The van der Waals surface area contributed by atoms with Gasteiger partial charge in [0.2, 0.25) is 0 Å². The molecule has 0 radical (unpaired) electrons. The summed E-state index contributed by atoms with van der Waals surface area (Å²) in [5, 5.41) is 0. The van der Waals surface area contributed by atoms with Crippen LogP contribution in [0.4, 0.5) is 0 Å². The number of methoxy groups -OCH3 is 2. The van der Waals surface area contributed by atoms with Crippen LogP contribution in [-0.2, 0) is 5.41 Å². The van der Waals surface area contributed by atoms with Crippen LogP contribution in [0.25, 0.3) is 0 Å². The first-order valence-corrected chi connectivity index (χ1v) is 6.02. The molecule has 1 aliphatic carbocycles. The first-order chi connectivity index (χ1) is 8.09. The van der Waals surface area contributed by atoms with Crippen LogP contribution < -0.4 is 15.2 Å².